The molecular formula is C13H22N2O2. The van der Waals surface area contributed by atoms with Crippen molar-refractivity contribution in [3.05, 3.63) is 24.2 Å². The van der Waals surface area contributed by atoms with Crippen LogP contribution in [0.15, 0.2) is 23.0 Å². The van der Waals surface area contributed by atoms with Gasteiger partial charge in [0, 0.05) is 18.7 Å². The number of hydrogen-bond acceptors (Lipinski definition) is 4. The highest BCUT2D eigenvalue weighted by Crippen LogP contribution is 2.07. The number of likely N-dealkylation sites (N-methyl/N-ethyl adjacent to an activating group) is 1. The maximum Gasteiger partial charge on any atom is 0.0947 e. The minimum absolute atomic E-state index is 0.457. The van der Waals surface area contributed by atoms with Gasteiger partial charge >= 0.3 is 0 Å². The molecule has 17 heavy (non-hydrogen) atoms. The van der Waals surface area contributed by atoms with Crippen molar-refractivity contribution >= 4 is 0 Å². The summed E-state index contributed by atoms with van der Waals surface area (Å²) in [6.07, 6.45) is 6.26. The third-order valence-corrected chi connectivity index (χ3v) is 3.15. The molecule has 1 aliphatic rings. The highest BCUT2D eigenvalue weighted by atomic mass is 16.5. The predicted octanol–water partition coefficient (Wildman–Crippen LogP) is 1.48. The fraction of sp³-hybridized carbons (Fsp3) is 0.692. The molecule has 0 bridgehead atoms. The molecule has 1 aliphatic heterocycles. The third-order valence-electron chi connectivity index (χ3n) is 3.15. The average molecular weight is 238 g/mol. The lowest BCUT2D eigenvalue weighted by Gasteiger charge is -2.24. The van der Waals surface area contributed by atoms with E-state index >= 15 is 0 Å². The molecule has 0 aliphatic carbocycles. The number of ether oxygens (including phenoxy) is 1. The van der Waals surface area contributed by atoms with Crippen molar-refractivity contribution in [3.8, 4) is 0 Å². The standard InChI is InChI=1S/C13H22N2O2/c1-15(10-12-4-8-16-11-12)7-9-17-13-2-5-14-6-3-13/h4,8,11,13-14H,2-3,5-7,9-10H2,1H3. The molecule has 1 saturated heterocycles. The Bertz CT molecular complexity index is 294. The summed E-state index contributed by atoms with van der Waals surface area (Å²) in [6.45, 7) is 4.89. The van der Waals surface area contributed by atoms with E-state index in [1.54, 1.807) is 12.5 Å². The van der Waals surface area contributed by atoms with Crippen molar-refractivity contribution in [2.24, 2.45) is 0 Å². The van der Waals surface area contributed by atoms with Gasteiger partial charge in [0.1, 0.15) is 0 Å². The zero-order valence-corrected chi connectivity index (χ0v) is 10.5. The van der Waals surface area contributed by atoms with Gasteiger partial charge in [0.15, 0.2) is 0 Å². The molecule has 0 saturated carbocycles. The molecule has 0 aromatic carbocycles. The van der Waals surface area contributed by atoms with Gasteiger partial charge < -0.3 is 14.5 Å². The van der Waals surface area contributed by atoms with E-state index in [1.807, 2.05) is 6.07 Å². The van der Waals surface area contributed by atoms with E-state index < -0.39 is 0 Å². The maximum atomic E-state index is 5.87. The minimum Gasteiger partial charge on any atom is -0.472 e. The lowest BCUT2D eigenvalue weighted by atomic mass is 10.1. The van der Waals surface area contributed by atoms with E-state index in [1.165, 1.54) is 5.56 Å². The summed E-state index contributed by atoms with van der Waals surface area (Å²) in [5.74, 6) is 0. The van der Waals surface area contributed by atoms with Crippen molar-refractivity contribution in [3.63, 3.8) is 0 Å². The molecular weight excluding hydrogens is 216 g/mol. The van der Waals surface area contributed by atoms with Crippen molar-refractivity contribution in [2.45, 2.75) is 25.5 Å². The Morgan fingerprint density at radius 1 is 1.47 bits per heavy atom. The monoisotopic (exact) mass is 238 g/mol. The van der Waals surface area contributed by atoms with E-state index in [2.05, 4.69) is 17.3 Å². The molecule has 0 atom stereocenters. The molecule has 0 unspecified atom stereocenters. The van der Waals surface area contributed by atoms with Crippen LogP contribution in [0.3, 0.4) is 0 Å². The summed E-state index contributed by atoms with van der Waals surface area (Å²) in [6, 6.07) is 2.00. The third kappa shape index (κ3) is 4.50. The molecule has 1 fully saturated rings. The van der Waals surface area contributed by atoms with Crippen LogP contribution in [0.2, 0.25) is 0 Å². The summed E-state index contributed by atoms with van der Waals surface area (Å²) in [7, 11) is 2.11. The first kappa shape index (κ1) is 12.6. The summed E-state index contributed by atoms with van der Waals surface area (Å²) < 4.78 is 10.9. The first-order chi connectivity index (χ1) is 8.34. The van der Waals surface area contributed by atoms with Gasteiger partial charge in [0.05, 0.1) is 25.2 Å². The normalized spacial score (nSPS) is 17.8. The summed E-state index contributed by atoms with van der Waals surface area (Å²) >= 11 is 0. The largest absolute Gasteiger partial charge is 0.472 e. The Kier molecular flexibility index (Phi) is 5.04. The molecule has 96 valence electrons. The lowest BCUT2D eigenvalue weighted by Crippen LogP contribution is -2.34. The number of nitrogens with one attached hydrogen (secondary N) is 1. The van der Waals surface area contributed by atoms with Gasteiger partial charge in [0.2, 0.25) is 0 Å². The van der Waals surface area contributed by atoms with Crippen LogP contribution < -0.4 is 5.32 Å². The van der Waals surface area contributed by atoms with Crippen molar-refractivity contribution in [1.29, 1.82) is 0 Å². The molecule has 0 radical (unpaired) electrons. The lowest BCUT2D eigenvalue weighted by molar-refractivity contribution is 0.0224. The van der Waals surface area contributed by atoms with E-state index in [9.17, 15) is 0 Å². The molecule has 0 amide bonds. The maximum absolute atomic E-state index is 5.87. The fourth-order valence-corrected chi connectivity index (χ4v) is 2.11. The molecule has 2 rings (SSSR count). The van der Waals surface area contributed by atoms with Crippen LogP contribution in [0.25, 0.3) is 0 Å². The molecule has 4 nitrogen and oxygen atoms in total. The number of nitrogens with zero attached hydrogens (tertiary/aromatic N) is 1. The molecule has 4 heteroatoms. The molecule has 1 aromatic heterocycles. The highest BCUT2D eigenvalue weighted by Gasteiger charge is 2.13. The van der Waals surface area contributed by atoms with Crippen LogP contribution in [-0.4, -0.2) is 44.3 Å². The second-order valence-corrected chi connectivity index (χ2v) is 4.69. The van der Waals surface area contributed by atoms with E-state index in [4.69, 9.17) is 9.15 Å². The first-order valence-electron chi connectivity index (χ1n) is 6.36. The summed E-state index contributed by atoms with van der Waals surface area (Å²) in [4.78, 5) is 2.26. The van der Waals surface area contributed by atoms with E-state index in [0.29, 0.717) is 6.10 Å². The second-order valence-electron chi connectivity index (χ2n) is 4.69. The van der Waals surface area contributed by atoms with Gasteiger partial charge in [-0.3, -0.25) is 4.90 Å². The molecule has 2 heterocycles. The fourth-order valence-electron chi connectivity index (χ4n) is 2.11. The summed E-state index contributed by atoms with van der Waals surface area (Å²) in [5, 5.41) is 3.34. The zero-order chi connectivity index (χ0) is 11.9. The van der Waals surface area contributed by atoms with Crippen LogP contribution >= 0.6 is 0 Å². The predicted molar refractivity (Wildman–Crippen MR) is 66.9 cm³/mol. The SMILES string of the molecule is CN(CCOC1CCNCC1)Cc1ccoc1. The topological polar surface area (TPSA) is 37.6 Å². The van der Waals surface area contributed by atoms with Crippen molar-refractivity contribution < 1.29 is 9.15 Å². The van der Waals surface area contributed by atoms with Gasteiger partial charge in [-0.2, -0.15) is 0 Å². The van der Waals surface area contributed by atoms with Crippen molar-refractivity contribution in [1.82, 2.24) is 10.2 Å². The minimum atomic E-state index is 0.457. The Morgan fingerprint density at radius 3 is 3.00 bits per heavy atom. The van der Waals surface area contributed by atoms with E-state index in [-0.39, 0.29) is 0 Å². The van der Waals surface area contributed by atoms with E-state index in [0.717, 1.165) is 45.6 Å². The van der Waals surface area contributed by atoms with Crippen LogP contribution in [0.1, 0.15) is 18.4 Å². The average Bonchev–Trinajstić information content (AvgIpc) is 2.83. The molecule has 1 aromatic rings. The summed E-state index contributed by atoms with van der Waals surface area (Å²) in [5.41, 5.74) is 1.22. The van der Waals surface area contributed by atoms with Crippen LogP contribution in [0.5, 0.6) is 0 Å². The quantitative estimate of drug-likeness (QED) is 0.814. The highest BCUT2D eigenvalue weighted by molar-refractivity contribution is 5.04. The Morgan fingerprint density at radius 2 is 2.29 bits per heavy atom. The number of piperidine rings is 1. The Labute approximate surface area is 103 Å². The number of furan rings is 1. The van der Waals surface area contributed by atoms with Gasteiger partial charge in [-0.05, 0) is 39.0 Å². The molecule has 1 N–H and O–H groups in total. The zero-order valence-electron chi connectivity index (χ0n) is 10.5. The van der Waals surface area contributed by atoms with Crippen molar-refractivity contribution in [2.75, 3.05) is 33.3 Å². The van der Waals surface area contributed by atoms with Crippen LogP contribution in [0, 0.1) is 0 Å². The number of rotatable bonds is 6. The van der Waals surface area contributed by atoms with Gasteiger partial charge in [-0.15, -0.1) is 0 Å². The van der Waals surface area contributed by atoms with Gasteiger partial charge in [0.25, 0.3) is 0 Å². The molecule has 0 spiro atoms. The van der Waals surface area contributed by atoms with Crippen LogP contribution in [0.4, 0.5) is 0 Å². The Hall–Kier alpha value is -0.840. The first-order valence-corrected chi connectivity index (χ1v) is 6.36. The Balaban J connectivity index is 1.58. The smallest absolute Gasteiger partial charge is 0.0947 e. The second kappa shape index (κ2) is 6.79. The van der Waals surface area contributed by atoms with Gasteiger partial charge in [-0.25, -0.2) is 0 Å². The number of hydrogen-bond donors (Lipinski definition) is 1. The van der Waals surface area contributed by atoms with Gasteiger partial charge in [-0.1, -0.05) is 0 Å². The van der Waals surface area contributed by atoms with Crippen LogP contribution in [-0.2, 0) is 11.3 Å².